The highest BCUT2D eigenvalue weighted by molar-refractivity contribution is 7.14. The Morgan fingerprint density at radius 1 is 1.65 bits per heavy atom. The number of carbonyl (C=O) groups excluding carboxylic acids is 1. The third-order valence-corrected chi connectivity index (χ3v) is 3.34. The van der Waals surface area contributed by atoms with Gasteiger partial charge in [-0.05, 0) is 6.07 Å². The summed E-state index contributed by atoms with van der Waals surface area (Å²) in [6.07, 6.45) is -4.29. The van der Waals surface area contributed by atoms with Crippen molar-refractivity contribution in [3.05, 3.63) is 15.8 Å². The summed E-state index contributed by atoms with van der Waals surface area (Å²) in [7, 11) is 1.24. The van der Waals surface area contributed by atoms with Crippen molar-refractivity contribution in [3.8, 4) is 0 Å². The van der Waals surface area contributed by atoms with Crippen LogP contribution in [0.4, 0.5) is 18.9 Å². The minimum Gasteiger partial charge on any atom is -0.465 e. The lowest BCUT2D eigenvalue weighted by Crippen LogP contribution is -2.40. The molecule has 0 saturated carbocycles. The average molecular weight is 266 g/mol. The van der Waals surface area contributed by atoms with Gasteiger partial charge in [-0.3, -0.25) is 5.01 Å². The molecule has 0 radical (unpaired) electrons. The molecule has 0 atom stereocenters. The molecular weight excluding hydrogens is 257 g/mol. The first-order valence-electron chi connectivity index (χ1n) is 4.69. The van der Waals surface area contributed by atoms with Crippen LogP contribution in [-0.2, 0) is 11.3 Å². The summed E-state index contributed by atoms with van der Waals surface area (Å²) in [4.78, 5) is 12.3. The van der Waals surface area contributed by atoms with Crippen molar-refractivity contribution < 1.29 is 22.7 Å². The number of carbonyl (C=O) groups is 1. The maximum absolute atomic E-state index is 12.3. The number of fused-ring (bicyclic) bond motifs is 1. The van der Waals surface area contributed by atoms with Gasteiger partial charge in [0.15, 0.2) is 0 Å². The average Bonchev–Trinajstić information content (AvgIpc) is 2.77. The molecular formula is C9H9F3N2O2S. The molecule has 0 aliphatic carbocycles. The molecule has 17 heavy (non-hydrogen) atoms. The highest BCUT2D eigenvalue weighted by Crippen LogP contribution is 2.35. The van der Waals surface area contributed by atoms with Crippen LogP contribution in [-0.4, -0.2) is 25.8 Å². The summed E-state index contributed by atoms with van der Waals surface area (Å²) < 4.78 is 41.3. The van der Waals surface area contributed by atoms with E-state index in [9.17, 15) is 18.0 Å². The number of ether oxygens (including phenoxy) is 1. The quantitative estimate of drug-likeness (QED) is 0.830. The number of nitrogens with zero attached hydrogens (tertiary/aromatic N) is 1. The van der Waals surface area contributed by atoms with Crippen LogP contribution in [0.1, 0.15) is 14.5 Å². The number of rotatable bonds is 2. The van der Waals surface area contributed by atoms with Gasteiger partial charge in [-0.15, -0.1) is 11.3 Å². The number of alkyl halides is 3. The van der Waals surface area contributed by atoms with Gasteiger partial charge in [0.1, 0.15) is 11.4 Å². The summed E-state index contributed by atoms with van der Waals surface area (Å²) >= 11 is 1.14. The van der Waals surface area contributed by atoms with E-state index in [4.69, 9.17) is 0 Å². The number of thiophene rings is 1. The zero-order valence-electron chi connectivity index (χ0n) is 8.80. The van der Waals surface area contributed by atoms with Crippen LogP contribution in [0.15, 0.2) is 6.07 Å². The Morgan fingerprint density at radius 2 is 2.35 bits per heavy atom. The summed E-state index contributed by atoms with van der Waals surface area (Å²) in [5.41, 5.74) is 3.01. The van der Waals surface area contributed by atoms with Gasteiger partial charge in [0.25, 0.3) is 0 Å². The molecule has 4 nitrogen and oxygen atoms in total. The Hall–Kier alpha value is -1.28. The minimum atomic E-state index is -4.29. The van der Waals surface area contributed by atoms with E-state index >= 15 is 0 Å². The smallest absolute Gasteiger partial charge is 0.407 e. The zero-order valence-corrected chi connectivity index (χ0v) is 9.61. The van der Waals surface area contributed by atoms with Crippen molar-refractivity contribution in [2.24, 2.45) is 0 Å². The predicted molar refractivity (Wildman–Crippen MR) is 55.9 cm³/mol. The number of hydrogen-bond acceptors (Lipinski definition) is 5. The molecule has 1 aliphatic heterocycles. The first kappa shape index (κ1) is 12.2. The molecule has 1 N–H and O–H groups in total. The van der Waals surface area contributed by atoms with Crippen molar-refractivity contribution in [2.45, 2.75) is 12.7 Å². The zero-order chi connectivity index (χ0) is 12.6. The molecule has 0 amide bonds. The fraction of sp³-hybridized carbons (Fsp3) is 0.444. The van der Waals surface area contributed by atoms with Crippen LogP contribution >= 0.6 is 11.3 Å². The Kier molecular flexibility index (Phi) is 3.00. The van der Waals surface area contributed by atoms with E-state index in [2.05, 4.69) is 10.2 Å². The molecule has 0 bridgehead atoms. The van der Waals surface area contributed by atoms with Gasteiger partial charge >= 0.3 is 12.1 Å². The number of hydrogen-bond donors (Lipinski definition) is 1. The number of anilines is 1. The molecule has 1 aromatic rings. The number of halogens is 3. The van der Waals surface area contributed by atoms with Crippen molar-refractivity contribution >= 4 is 23.0 Å². The lowest BCUT2D eigenvalue weighted by Gasteiger charge is -2.19. The molecule has 1 aromatic heterocycles. The Labute approximate surface area is 98.9 Å². The first-order valence-corrected chi connectivity index (χ1v) is 5.51. The molecule has 0 unspecified atom stereocenters. The second-order valence-electron chi connectivity index (χ2n) is 3.45. The monoisotopic (exact) mass is 266 g/mol. The molecule has 0 fully saturated rings. The van der Waals surface area contributed by atoms with E-state index in [1.807, 2.05) is 0 Å². The SMILES string of the molecule is COC(=O)c1cc2c(s1)CNN2CC(F)(F)F. The highest BCUT2D eigenvalue weighted by Gasteiger charge is 2.35. The third-order valence-electron chi connectivity index (χ3n) is 2.23. The fourth-order valence-corrected chi connectivity index (χ4v) is 2.56. The molecule has 0 spiro atoms. The van der Waals surface area contributed by atoms with Gasteiger partial charge in [0.05, 0.1) is 19.3 Å². The van der Waals surface area contributed by atoms with E-state index in [1.165, 1.54) is 13.2 Å². The summed E-state index contributed by atoms with van der Waals surface area (Å²) in [5.74, 6) is -0.531. The normalized spacial score (nSPS) is 14.9. The Bertz CT molecular complexity index is 444. The maximum Gasteiger partial charge on any atom is 0.407 e. The number of methoxy groups -OCH3 is 1. The van der Waals surface area contributed by atoms with E-state index < -0.39 is 18.7 Å². The van der Waals surface area contributed by atoms with Crippen molar-refractivity contribution in [1.82, 2.24) is 5.43 Å². The van der Waals surface area contributed by atoms with E-state index in [0.29, 0.717) is 22.0 Å². The van der Waals surface area contributed by atoms with E-state index in [1.54, 1.807) is 0 Å². The van der Waals surface area contributed by atoms with Gasteiger partial charge in [0, 0.05) is 4.88 Å². The van der Waals surface area contributed by atoms with Crippen LogP contribution in [0, 0.1) is 0 Å². The van der Waals surface area contributed by atoms with Crippen LogP contribution in [0.3, 0.4) is 0 Å². The summed E-state index contributed by atoms with van der Waals surface area (Å²) in [6.45, 7) is -0.787. The predicted octanol–water partition coefficient (Wildman–Crippen LogP) is 1.92. The highest BCUT2D eigenvalue weighted by atomic mass is 32.1. The molecule has 94 valence electrons. The lowest BCUT2D eigenvalue weighted by atomic mass is 10.3. The third kappa shape index (κ3) is 2.52. The van der Waals surface area contributed by atoms with Gasteiger partial charge in [-0.2, -0.15) is 13.2 Å². The van der Waals surface area contributed by atoms with Gasteiger partial charge in [0.2, 0.25) is 0 Å². The molecule has 0 aromatic carbocycles. The molecule has 2 heterocycles. The van der Waals surface area contributed by atoms with Crippen molar-refractivity contribution in [3.63, 3.8) is 0 Å². The van der Waals surface area contributed by atoms with Crippen LogP contribution in [0.2, 0.25) is 0 Å². The molecule has 0 saturated heterocycles. The largest absolute Gasteiger partial charge is 0.465 e. The van der Waals surface area contributed by atoms with Crippen molar-refractivity contribution in [2.75, 3.05) is 18.7 Å². The van der Waals surface area contributed by atoms with Crippen LogP contribution < -0.4 is 10.4 Å². The minimum absolute atomic E-state index is 0.299. The lowest BCUT2D eigenvalue weighted by molar-refractivity contribution is -0.120. The number of hydrazine groups is 1. The number of esters is 1. The topological polar surface area (TPSA) is 41.6 Å². The Balaban J connectivity index is 2.20. The standard InChI is InChI=1S/C9H9F3N2O2S/c1-16-8(15)6-2-5-7(17-6)3-13-14(5)4-9(10,11)12/h2,13H,3-4H2,1H3. The van der Waals surface area contributed by atoms with E-state index in [0.717, 1.165) is 16.3 Å². The van der Waals surface area contributed by atoms with Gasteiger partial charge < -0.3 is 4.74 Å². The van der Waals surface area contributed by atoms with Crippen LogP contribution in [0.5, 0.6) is 0 Å². The number of nitrogens with one attached hydrogen (secondary N) is 1. The van der Waals surface area contributed by atoms with Crippen molar-refractivity contribution in [1.29, 1.82) is 0 Å². The van der Waals surface area contributed by atoms with Gasteiger partial charge in [-0.1, -0.05) is 0 Å². The Morgan fingerprint density at radius 3 is 2.94 bits per heavy atom. The van der Waals surface area contributed by atoms with E-state index in [-0.39, 0.29) is 0 Å². The first-order chi connectivity index (χ1) is 7.90. The second kappa shape index (κ2) is 4.19. The molecule has 1 aliphatic rings. The maximum atomic E-state index is 12.3. The van der Waals surface area contributed by atoms with Gasteiger partial charge in [-0.25, -0.2) is 10.2 Å². The molecule has 2 rings (SSSR count). The molecule has 8 heteroatoms. The second-order valence-corrected chi connectivity index (χ2v) is 4.58. The van der Waals surface area contributed by atoms with Crippen LogP contribution in [0.25, 0.3) is 0 Å². The fourth-order valence-electron chi connectivity index (χ4n) is 1.55. The summed E-state index contributed by atoms with van der Waals surface area (Å²) in [5, 5.41) is 0.998. The summed E-state index contributed by atoms with van der Waals surface area (Å²) in [6, 6.07) is 1.41.